The summed E-state index contributed by atoms with van der Waals surface area (Å²) in [6.07, 6.45) is 6.09. The number of piperazine rings is 1. The second-order valence-corrected chi connectivity index (χ2v) is 11.1. The SMILES string of the molecule is CN(Cc1ccc(-n2ccc(NC(=O)N3CCN(C(=O)C(C)(C)N)CC3)nc2=O)cc1)C1CCCC(N)C1. The van der Waals surface area contributed by atoms with Gasteiger partial charge in [-0.1, -0.05) is 18.6 Å². The van der Waals surface area contributed by atoms with Crippen LogP contribution in [0.2, 0.25) is 0 Å². The van der Waals surface area contributed by atoms with E-state index in [1.165, 1.54) is 17.4 Å². The van der Waals surface area contributed by atoms with Gasteiger partial charge in [0.15, 0.2) is 0 Å². The average molecular weight is 525 g/mol. The van der Waals surface area contributed by atoms with Crippen molar-refractivity contribution in [3.8, 4) is 5.69 Å². The lowest BCUT2D eigenvalue weighted by molar-refractivity contribution is -0.137. The maximum Gasteiger partial charge on any atom is 0.354 e. The normalized spacial score (nSPS) is 20.5. The van der Waals surface area contributed by atoms with E-state index in [2.05, 4.69) is 22.2 Å². The molecule has 0 spiro atoms. The number of hydrogen-bond acceptors (Lipinski definition) is 7. The van der Waals surface area contributed by atoms with E-state index in [1.807, 2.05) is 24.3 Å². The summed E-state index contributed by atoms with van der Waals surface area (Å²) in [6, 6.07) is 9.87. The summed E-state index contributed by atoms with van der Waals surface area (Å²) in [5.41, 5.74) is 12.5. The first-order valence-corrected chi connectivity index (χ1v) is 13.3. The minimum absolute atomic E-state index is 0.142. The van der Waals surface area contributed by atoms with E-state index in [1.54, 1.807) is 35.9 Å². The lowest BCUT2D eigenvalue weighted by Gasteiger charge is -2.37. The molecule has 0 bridgehead atoms. The Morgan fingerprint density at radius 1 is 1.08 bits per heavy atom. The molecule has 5 N–H and O–H groups in total. The number of carbonyl (C=O) groups excluding carboxylic acids is 2. The molecule has 2 aromatic rings. The first-order chi connectivity index (χ1) is 18.0. The van der Waals surface area contributed by atoms with E-state index in [0.717, 1.165) is 24.9 Å². The number of benzene rings is 1. The smallest absolute Gasteiger partial charge is 0.338 e. The Labute approximate surface area is 223 Å². The number of amides is 3. The zero-order valence-corrected chi connectivity index (χ0v) is 22.6. The average Bonchev–Trinajstić information content (AvgIpc) is 2.88. The number of hydrogen-bond donors (Lipinski definition) is 3. The fourth-order valence-corrected chi connectivity index (χ4v) is 5.16. The van der Waals surface area contributed by atoms with Gasteiger partial charge < -0.3 is 21.3 Å². The highest BCUT2D eigenvalue weighted by Gasteiger charge is 2.31. The Balaban J connectivity index is 1.32. The van der Waals surface area contributed by atoms with E-state index in [4.69, 9.17) is 11.5 Å². The third-order valence-electron chi connectivity index (χ3n) is 7.40. The largest absolute Gasteiger partial charge is 0.354 e. The van der Waals surface area contributed by atoms with Gasteiger partial charge in [0.05, 0.1) is 11.2 Å². The molecule has 2 atom stereocenters. The van der Waals surface area contributed by atoms with Crippen molar-refractivity contribution in [2.45, 2.75) is 63.7 Å². The molecule has 1 saturated carbocycles. The summed E-state index contributed by atoms with van der Waals surface area (Å²) in [5, 5.41) is 2.69. The van der Waals surface area contributed by atoms with E-state index >= 15 is 0 Å². The fraction of sp³-hybridized carbons (Fsp3) is 0.556. The van der Waals surface area contributed by atoms with E-state index in [-0.39, 0.29) is 23.8 Å². The molecule has 2 unspecified atom stereocenters. The molecule has 2 heterocycles. The molecular weight excluding hydrogens is 484 g/mol. The number of nitrogens with two attached hydrogens (primary N) is 2. The quantitative estimate of drug-likeness (QED) is 0.518. The molecule has 1 aromatic heterocycles. The van der Waals surface area contributed by atoms with Gasteiger partial charge in [-0.05, 0) is 63.9 Å². The van der Waals surface area contributed by atoms with Gasteiger partial charge in [0.1, 0.15) is 5.82 Å². The molecule has 11 heteroatoms. The molecule has 38 heavy (non-hydrogen) atoms. The highest BCUT2D eigenvalue weighted by molar-refractivity contribution is 5.89. The summed E-state index contributed by atoms with van der Waals surface area (Å²) in [7, 11) is 2.14. The van der Waals surface area contributed by atoms with Gasteiger partial charge in [0.2, 0.25) is 5.91 Å². The van der Waals surface area contributed by atoms with Crippen molar-refractivity contribution >= 4 is 17.8 Å². The van der Waals surface area contributed by atoms with Gasteiger partial charge in [-0.25, -0.2) is 9.59 Å². The van der Waals surface area contributed by atoms with E-state index in [0.29, 0.717) is 37.9 Å². The molecular formula is C27H40N8O3. The Morgan fingerprint density at radius 2 is 1.74 bits per heavy atom. The van der Waals surface area contributed by atoms with Gasteiger partial charge in [-0.3, -0.25) is 19.6 Å². The van der Waals surface area contributed by atoms with Crippen LogP contribution in [0.3, 0.4) is 0 Å². The number of aromatic nitrogens is 2. The topological polar surface area (TPSA) is 143 Å². The Morgan fingerprint density at radius 3 is 2.34 bits per heavy atom. The van der Waals surface area contributed by atoms with Gasteiger partial charge in [0, 0.05) is 51.0 Å². The highest BCUT2D eigenvalue weighted by Crippen LogP contribution is 2.22. The molecule has 1 aliphatic heterocycles. The minimum atomic E-state index is -0.946. The van der Waals surface area contributed by atoms with Gasteiger partial charge in [-0.2, -0.15) is 4.98 Å². The van der Waals surface area contributed by atoms with Crippen LogP contribution in [0, 0.1) is 0 Å². The zero-order valence-electron chi connectivity index (χ0n) is 22.6. The highest BCUT2D eigenvalue weighted by atomic mass is 16.2. The first kappa shape index (κ1) is 27.7. The molecule has 0 radical (unpaired) electrons. The third-order valence-corrected chi connectivity index (χ3v) is 7.40. The van der Waals surface area contributed by atoms with Crippen molar-refractivity contribution < 1.29 is 9.59 Å². The summed E-state index contributed by atoms with van der Waals surface area (Å²) < 4.78 is 1.45. The molecule has 2 fully saturated rings. The number of nitrogens with one attached hydrogen (secondary N) is 1. The second kappa shape index (κ2) is 11.6. The van der Waals surface area contributed by atoms with E-state index in [9.17, 15) is 14.4 Å². The zero-order chi connectivity index (χ0) is 27.4. The summed E-state index contributed by atoms with van der Waals surface area (Å²) in [4.78, 5) is 47.4. The summed E-state index contributed by atoms with van der Waals surface area (Å²) >= 11 is 0. The number of urea groups is 1. The Kier molecular flexibility index (Phi) is 8.49. The van der Waals surface area contributed by atoms with E-state index < -0.39 is 11.2 Å². The van der Waals surface area contributed by atoms with Crippen LogP contribution >= 0.6 is 0 Å². The lowest BCUT2D eigenvalue weighted by Crippen LogP contribution is -2.58. The lowest BCUT2D eigenvalue weighted by atomic mass is 9.90. The van der Waals surface area contributed by atoms with Crippen LogP contribution in [0.1, 0.15) is 45.1 Å². The number of anilines is 1. The van der Waals surface area contributed by atoms with Crippen LogP contribution in [0.5, 0.6) is 0 Å². The molecule has 3 amide bonds. The molecule has 1 saturated heterocycles. The van der Waals surface area contributed by atoms with Crippen LogP contribution < -0.4 is 22.5 Å². The van der Waals surface area contributed by atoms with Crippen molar-refractivity contribution in [2.24, 2.45) is 11.5 Å². The second-order valence-electron chi connectivity index (χ2n) is 11.1. The van der Waals surface area contributed by atoms with Crippen molar-refractivity contribution in [3.63, 3.8) is 0 Å². The molecule has 4 rings (SSSR count). The maximum absolute atomic E-state index is 12.7. The van der Waals surface area contributed by atoms with Crippen molar-refractivity contribution in [1.29, 1.82) is 0 Å². The van der Waals surface area contributed by atoms with Gasteiger partial charge in [-0.15, -0.1) is 0 Å². The van der Waals surface area contributed by atoms with Crippen molar-refractivity contribution in [1.82, 2.24) is 24.3 Å². The minimum Gasteiger partial charge on any atom is -0.338 e. The molecule has 1 aliphatic carbocycles. The molecule has 1 aromatic carbocycles. The summed E-state index contributed by atoms with van der Waals surface area (Å²) in [6.45, 7) is 5.72. The standard InChI is InChI=1S/C27H40N8O3/c1-27(2,29)24(36)33-13-15-34(16-14-33)25(37)30-23-11-12-35(26(38)31-23)21-9-7-19(8-10-21)18-32(3)22-6-4-5-20(28)17-22/h7-12,20,22H,4-6,13-18,28-29H2,1-3H3,(H,30,31,37,38). The monoisotopic (exact) mass is 524 g/mol. The molecule has 2 aliphatic rings. The van der Waals surface area contributed by atoms with Crippen LogP contribution in [0.4, 0.5) is 10.6 Å². The predicted octanol–water partition coefficient (Wildman–Crippen LogP) is 1.35. The van der Waals surface area contributed by atoms with Crippen LogP contribution in [-0.4, -0.2) is 87.0 Å². The number of rotatable bonds is 6. The van der Waals surface area contributed by atoms with Crippen molar-refractivity contribution in [3.05, 3.63) is 52.6 Å². The Hall–Kier alpha value is -3.28. The van der Waals surface area contributed by atoms with Gasteiger partial charge >= 0.3 is 11.7 Å². The first-order valence-electron chi connectivity index (χ1n) is 13.3. The van der Waals surface area contributed by atoms with Crippen LogP contribution in [-0.2, 0) is 11.3 Å². The Bertz CT molecular complexity index is 1180. The fourth-order valence-electron chi connectivity index (χ4n) is 5.16. The molecule has 206 valence electrons. The van der Waals surface area contributed by atoms with Crippen LogP contribution in [0.25, 0.3) is 5.69 Å². The maximum atomic E-state index is 12.7. The van der Waals surface area contributed by atoms with Crippen molar-refractivity contribution in [2.75, 3.05) is 38.5 Å². The number of nitrogens with zero attached hydrogens (tertiary/aromatic N) is 5. The van der Waals surface area contributed by atoms with Gasteiger partial charge in [0.25, 0.3) is 0 Å². The predicted molar refractivity (Wildman–Crippen MR) is 147 cm³/mol. The number of carbonyl (C=O) groups is 2. The summed E-state index contributed by atoms with van der Waals surface area (Å²) in [5.74, 6) is 0.0404. The van der Waals surface area contributed by atoms with Crippen LogP contribution in [0.15, 0.2) is 41.3 Å². The molecule has 11 nitrogen and oxygen atoms in total. The third kappa shape index (κ3) is 6.77.